The molecule has 3 aromatic rings. The van der Waals surface area contributed by atoms with Gasteiger partial charge >= 0.3 is 12.1 Å². The number of alkyl halides is 3. The first-order valence-corrected chi connectivity index (χ1v) is 13.2. The number of hydrogen-bond donors (Lipinski definition) is 3. The van der Waals surface area contributed by atoms with E-state index in [4.69, 9.17) is 9.90 Å². The molecular formula is C28H30F3N3O4S. The molecule has 0 aliphatic carbocycles. The van der Waals surface area contributed by atoms with Crippen LogP contribution in [0.4, 0.5) is 18.9 Å². The molecule has 3 N–H and O–H groups in total. The molecule has 4 rings (SSSR count). The third kappa shape index (κ3) is 9.22. The lowest BCUT2D eigenvalue weighted by molar-refractivity contribution is -0.192. The molecule has 2 amide bonds. The molecule has 1 aromatic heterocycles. The number of anilines is 1. The second-order valence-corrected chi connectivity index (χ2v) is 10.2. The zero-order chi connectivity index (χ0) is 28.6. The first kappa shape index (κ1) is 29.9. The topological polar surface area (TPSA) is 98.7 Å². The highest BCUT2D eigenvalue weighted by Crippen LogP contribution is 2.19. The third-order valence-corrected chi connectivity index (χ3v) is 6.81. The van der Waals surface area contributed by atoms with Gasteiger partial charge in [0.05, 0.1) is 0 Å². The van der Waals surface area contributed by atoms with Gasteiger partial charge in [-0.05, 0) is 76.7 Å². The number of hydrogen-bond acceptors (Lipinski definition) is 5. The van der Waals surface area contributed by atoms with Crippen LogP contribution in [0.15, 0.2) is 65.4 Å². The highest BCUT2D eigenvalue weighted by Gasteiger charge is 2.38. The summed E-state index contributed by atoms with van der Waals surface area (Å²) in [6, 6.07) is 17.0. The van der Waals surface area contributed by atoms with Crippen molar-refractivity contribution in [3.8, 4) is 0 Å². The Labute approximate surface area is 228 Å². The number of carbonyl (C=O) groups excluding carboxylic acids is 2. The summed E-state index contributed by atoms with van der Waals surface area (Å²) in [5.74, 6) is -2.59. The number of carboxylic acid groups (broad SMARTS) is 1. The lowest BCUT2D eigenvalue weighted by atomic mass is 10.0. The van der Waals surface area contributed by atoms with E-state index >= 15 is 0 Å². The van der Waals surface area contributed by atoms with Crippen molar-refractivity contribution in [2.75, 3.05) is 18.4 Å². The van der Waals surface area contributed by atoms with Gasteiger partial charge in [-0.2, -0.15) is 24.5 Å². The van der Waals surface area contributed by atoms with Crippen LogP contribution in [0, 0.1) is 0 Å². The Morgan fingerprint density at radius 2 is 1.59 bits per heavy atom. The predicted octanol–water partition coefficient (Wildman–Crippen LogP) is 5.76. The van der Waals surface area contributed by atoms with Crippen molar-refractivity contribution in [3.63, 3.8) is 0 Å². The zero-order valence-electron chi connectivity index (χ0n) is 21.5. The molecule has 208 valence electrons. The maximum Gasteiger partial charge on any atom is 0.490 e. The van der Waals surface area contributed by atoms with Crippen molar-refractivity contribution in [2.24, 2.45) is 0 Å². The molecule has 7 nitrogen and oxygen atoms in total. The summed E-state index contributed by atoms with van der Waals surface area (Å²) in [4.78, 5) is 36.5. The molecule has 0 radical (unpaired) electrons. The van der Waals surface area contributed by atoms with Crippen LogP contribution in [0.3, 0.4) is 0 Å². The van der Waals surface area contributed by atoms with Gasteiger partial charge in [-0.3, -0.25) is 14.5 Å². The molecule has 0 bridgehead atoms. The first-order chi connectivity index (χ1) is 18.4. The van der Waals surface area contributed by atoms with E-state index in [2.05, 4.69) is 46.2 Å². The van der Waals surface area contributed by atoms with Crippen LogP contribution in [0.1, 0.15) is 58.0 Å². The van der Waals surface area contributed by atoms with E-state index in [0.717, 1.165) is 31.7 Å². The third-order valence-electron chi connectivity index (χ3n) is 6.08. The van der Waals surface area contributed by atoms with E-state index in [1.165, 1.54) is 11.1 Å². The van der Waals surface area contributed by atoms with Crippen LogP contribution in [-0.2, 0) is 11.3 Å². The maximum absolute atomic E-state index is 12.7. The zero-order valence-corrected chi connectivity index (χ0v) is 22.3. The lowest BCUT2D eigenvalue weighted by Gasteiger charge is -2.16. The molecular weight excluding hydrogens is 531 g/mol. The van der Waals surface area contributed by atoms with Gasteiger partial charge < -0.3 is 15.7 Å². The number of rotatable bonds is 7. The summed E-state index contributed by atoms with van der Waals surface area (Å²) in [6.45, 7) is 7.05. The summed E-state index contributed by atoms with van der Waals surface area (Å²) >= 11 is 1.71. The summed E-state index contributed by atoms with van der Waals surface area (Å²) in [5, 5.41) is 17.4. The van der Waals surface area contributed by atoms with Gasteiger partial charge in [0.2, 0.25) is 0 Å². The van der Waals surface area contributed by atoms with Crippen LogP contribution in [0.2, 0.25) is 0 Å². The fourth-order valence-electron chi connectivity index (χ4n) is 3.93. The minimum absolute atomic E-state index is 0.0939. The molecule has 0 spiro atoms. The molecule has 1 unspecified atom stereocenters. The van der Waals surface area contributed by atoms with E-state index in [0.29, 0.717) is 17.0 Å². The van der Waals surface area contributed by atoms with Gasteiger partial charge in [-0.15, -0.1) is 0 Å². The number of halogens is 3. The van der Waals surface area contributed by atoms with Crippen molar-refractivity contribution >= 4 is 34.8 Å². The molecule has 1 aliphatic heterocycles. The molecule has 11 heteroatoms. The Morgan fingerprint density at radius 3 is 2.10 bits per heavy atom. The van der Waals surface area contributed by atoms with Crippen LogP contribution in [-0.4, -0.2) is 53.1 Å². The van der Waals surface area contributed by atoms with Gasteiger partial charge in [0.1, 0.15) is 0 Å². The Hall–Kier alpha value is -3.70. The first-order valence-electron chi connectivity index (χ1n) is 12.3. The van der Waals surface area contributed by atoms with E-state index in [1.807, 2.05) is 24.3 Å². The van der Waals surface area contributed by atoms with Crippen molar-refractivity contribution in [3.05, 3.63) is 87.6 Å². The number of carbonyl (C=O) groups is 3. The van der Waals surface area contributed by atoms with Crippen LogP contribution >= 0.6 is 11.3 Å². The Kier molecular flexibility index (Phi) is 10.2. The average molecular weight is 562 g/mol. The molecule has 1 aliphatic rings. The van der Waals surface area contributed by atoms with Crippen LogP contribution in [0.25, 0.3) is 0 Å². The molecule has 1 atom stereocenters. The molecule has 1 saturated heterocycles. The van der Waals surface area contributed by atoms with Crippen molar-refractivity contribution < 1.29 is 32.7 Å². The second-order valence-electron chi connectivity index (χ2n) is 9.44. The summed E-state index contributed by atoms with van der Waals surface area (Å²) in [7, 11) is 0. The minimum atomic E-state index is -5.08. The van der Waals surface area contributed by atoms with Crippen LogP contribution in [0.5, 0.6) is 0 Å². The quantitative estimate of drug-likeness (QED) is 0.341. The number of nitrogens with one attached hydrogen (secondary N) is 2. The average Bonchev–Trinajstić information content (AvgIpc) is 3.56. The number of thiophene rings is 1. The Bertz CT molecular complexity index is 1240. The molecule has 39 heavy (non-hydrogen) atoms. The van der Waals surface area contributed by atoms with Gasteiger partial charge in [0.25, 0.3) is 11.8 Å². The number of likely N-dealkylation sites (tertiary alicyclic amines) is 1. The van der Waals surface area contributed by atoms with Crippen molar-refractivity contribution in [1.82, 2.24) is 10.2 Å². The van der Waals surface area contributed by atoms with E-state index < -0.39 is 12.1 Å². The van der Waals surface area contributed by atoms with E-state index in [9.17, 15) is 22.8 Å². The Morgan fingerprint density at radius 1 is 1.00 bits per heavy atom. The molecule has 2 aromatic carbocycles. The fraction of sp³-hybridized carbons (Fsp3) is 0.321. The molecule has 0 saturated carbocycles. The summed E-state index contributed by atoms with van der Waals surface area (Å²) in [6.07, 6.45) is -4.13. The highest BCUT2D eigenvalue weighted by molar-refractivity contribution is 7.07. The maximum atomic E-state index is 12.7. The second kappa shape index (κ2) is 13.4. The van der Waals surface area contributed by atoms with E-state index in [-0.39, 0.29) is 17.9 Å². The summed E-state index contributed by atoms with van der Waals surface area (Å²) in [5.41, 5.74) is 4.41. The predicted molar refractivity (Wildman–Crippen MR) is 144 cm³/mol. The SMILES string of the molecule is CC(C)c1ccc(NC(=O)c2ccc(C(=O)NC3CCN(Cc4ccsc4)C3)cc2)cc1.O=C(O)C(F)(F)F. The summed E-state index contributed by atoms with van der Waals surface area (Å²) < 4.78 is 31.7. The Balaban J connectivity index is 0.000000532. The lowest BCUT2D eigenvalue weighted by Crippen LogP contribution is -2.37. The number of nitrogens with zero attached hydrogens (tertiary/aromatic N) is 1. The standard InChI is InChI=1S/C26H29N3O2S.C2HF3O2/c1-18(2)20-7-9-23(10-8-20)27-25(30)21-3-5-22(6-4-21)26(31)28-24-11-13-29(16-24)15-19-12-14-32-17-19;3-2(4,5)1(6)7/h3-10,12,14,17-18,24H,11,13,15-16H2,1-2H3,(H,27,30)(H,28,31);(H,6,7). The monoisotopic (exact) mass is 561 g/mol. The van der Waals surface area contributed by atoms with Gasteiger partial charge in [0.15, 0.2) is 0 Å². The normalized spacial score (nSPS) is 15.4. The van der Waals surface area contributed by atoms with Crippen molar-refractivity contribution in [1.29, 1.82) is 0 Å². The highest BCUT2D eigenvalue weighted by atomic mass is 32.1. The van der Waals surface area contributed by atoms with E-state index in [1.54, 1.807) is 35.6 Å². The number of benzene rings is 2. The molecule has 2 heterocycles. The minimum Gasteiger partial charge on any atom is -0.475 e. The number of aliphatic carboxylic acids is 1. The number of carboxylic acids is 1. The fourth-order valence-corrected chi connectivity index (χ4v) is 4.59. The van der Waals surface area contributed by atoms with Crippen LogP contribution < -0.4 is 10.6 Å². The number of amides is 2. The molecule has 1 fully saturated rings. The largest absolute Gasteiger partial charge is 0.490 e. The van der Waals surface area contributed by atoms with Gasteiger partial charge in [-0.1, -0.05) is 26.0 Å². The van der Waals surface area contributed by atoms with Gasteiger partial charge in [-0.25, -0.2) is 4.79 Å². The van der Waals surface area contributed by atoms with Gasteiger partial charge in [0, 0.05) is 42.5 Å². The van der Waals surface area contributed by atoms with Crippen molar-refractivity contribution in [2.45, 2.75) is 44.9 Å². The smallest absolute Gasteiger partial charge is 0.475 e.